The molecule has 2 nitrogen and oxygen atoms in total. The van der Waals surface area contributed by atoms with Crippen molar-refractivity contribution < 1.29 is 9.84 Å². The van der Waals surface area contributed by atoms with E-state index in [1.54, 1.807) is 5.57 Å². The Morgan fingerprint density at radius 1 is 1.06 bits per heavy atom. The van der Waals surface area contributed by atoms with Crippen LogP contribution in [-0.2, 0) is 4.74 Å². The summed E-state index contributed by atoms with van der Waals surface area (Å²) < 4.78 is 5.82. The summed E-state index contributed by atoms with van der Waals surface area (Å²) in [5.41, 5.74) is 2.51. The van der Waals surface area contributed by atoms with E-state index >= 15 is 0 Å². The highest BCUT2D eigenvalue weighted by atomic mass is 16.5. The monoisotopic (exact) mass is 456 g/mol. The van der Waals surface area contributed by atoms with Crippen LogP contribution in [0.2, 0.25) is 0 Å². The zero-order valence-corrected chi connectivity index (χ0v) is 22.5. The topological polar surface area (TPSA) is 29.5 Å². The summed E-state index contributed by atoms with van der Waals surface area (Å²) in [5, 5.41) is 9.14. The van der Waals surface area contributed by atoms with E-state index in [-0.39, 0.29) is 6.61 Å². The fourth-order valence-electron chi connectivity index (χ4n) is 9.25. The quantitative estimate of drug-likeness (QED) is 0.355. The van der Waals surface area contributed by atoms with Crippen molar-refractivity contribution in [3.8, 4) is 0 Å². The Kier molecular flexibility index (Phi) is 7.74. The highest BCUT2D eigenvalue weighted by Crippen LogP contribution is 2.67. The van der Waals surface area contributed by atoms with Gasteiger partial charge in [-0.25, -0.2) is 0 Å². The molecule has 4 aliphatic rings. The lowest BCUT2D eigenvalue weighted by Gasteiger charge is -2.57. The van der Waals surface area contributed by atoms with Crippen molar-refractivity contribution >= 4 is 0 Å². The average Bonchev–Trinajstić information content (AvgIpc) is 3.15. The van der Waals surface area contributed by atoms with E-state index in [0.717, 1.165) is 60.0 Å². The standard InChI is InChI=1S/C31H52O2/c1-7-23(21(2)3)9-8-22(4)27-12-13-28-26-11-10-24-20-25(33-19-18-32)14-16-30(24,5)29(26)15-17-31(27,28)6/h10,14,21-23,26-29,32H,7-9,11-13,15-20H2,1-6H3/t22-,23-,26+,27-,28+,29+,30+,31-/m1/s1. The lowest BCUT2D eigenvalue weighted by atomic mass is 9.47. The number of aliphatic hydroxyl groups excluding tert-OH is 1. The van der Waals surface area contributed by atoms with Crippen LogP contribution in [0.25, 0.3) is 0 Å². The molecule has 8 atom stereocenters. The van der Waals surface area contributed by atoms with E-state index in [0.29, 0.717) is 17.4 Å². The molecule has 0 bridgehead atoms. The molecule has 0 heterocycles. The minimum atomic E-state index is 0.106. The van der Waals surface area contributed by atoms with Crippen molar-refractivity contribution in [3.63, 3.8) is 0 Å². The molecule has 0 spiro atoms. The van der Waals surface area contributed by atoms with Crippen LogP contribution in [0.5, 0.6) is 0 Å². The molecule has 4 rings (SSSR count). The van der Waals surface area contributed by atoms with Crippen molar-refractivity contribution in [2.24, 2.45) is 52.3 Å². The van der Waals surface area contributed by atoms with Gasteiger partial charge in [0.05, 0.1) is 12.4 Å². The third-order valence-electron chi connectivity index (χ3n) is 11.3. The van der Waals surface area contributed by atoms with Gasteiger partial charge in [0.25, 0.3) is 0 Å². The molecule has 0 unspecified atom stereocenters. The Morgan fingerprint density at radius 3 is 2.55 bits per heavy atom. The van der Waals surface area contributed by atoms with E-state index in [2.05, 4.69) is 53.7 Å². The number of aliphatic hydroxyl groups is 1. The number of rotatable bonds is 9. The zero-order valence-electron chi connectivity index (χ0n) is 22.5. The molecule has 2 saturated carbocycles. The van der Waals surface area contributed by atoms with Gasteiger partial charge >= 0.3 is 0 Å². The Morgan fingerprint density at radius 2 is 1.85 bits per heavy atom. The minimum Gasteiger partial charge on any atom is -0.496 e. The summed E-state index contributed by atoms with van der Waals surface area (Å²) in [6, 6.07) is 0. The molecule has 0 amide bonds. The Bertz CT molecular complexity index is 735. The maximum atomic E-state index is 9.14. The van der Waals surface area contributed by atoms with Gasteiger partial charge in [-0.05, 0) is 103 Å². The first-order valence-electron chi connectivity index (χ1n) is 14.4. The largest absolute Gasteiger partial charge is 0.496 e. The van der Waals surface area contributed by atoms with Crippen LogP contribution >= 0.6 is 0 Å². The minimum absolute atomic E-state index is 0.106. The highest BCUT2D eigenvalue weighted by molar-refractivity contribution is 5.30. The van der Waals surface area contributed by atoms with Crippen LogP contribution < -0.4 is 0 Å². The van der Waals surface area contributed by atoms with E-state index < -0.39 is 0 Å². The number of hydrogen-bond acceptors (Lipinski definition) is 2. The van der Waals surface area contributed by atoms with Gasteiger partial charge < -0.3 is 9.84 Å². The van der Waals surface area contributed by atoms with Gasteiger partial charge in [0.2, 0.25) is 0 Å². The molecule has 1 N–H and O–H groups in total. The molecule has 4 aliphatic carbocycles. The predicted molar refractivity (Wildman–Crippen MR) is 139 cm³/mol. The summed E-state index contributed by atoms with van der Waals surface area (Å²) in [5.74, 6) is 7.25. The molecule has 2 fully saturated rings. The molecular weight excluding hydrogens is 404 g/mol. The predicted octanol–water partition coefficient (Wildman–Crippen LogP) is 8.17. The molecule has 0 aromatic rings. The van der Waals surface area contributed by atoms with Crippen molar-refractivity contribution in [1.29, 1.82) is 0 Å². The van der Waals surface area contributed by atoms with Gasteiger partial charge in [-0.1, -0.05) is 66.0 Å². The molecule has 0 aromatic carbocycles. The van der Waals surface area contributed by atoms with Gasteiger partial charge in [-0.15, -0.1) is 0 Å². The molecular formula is C31H52O2. The van der Waals surface area contributed by atoms with Crippen molar-refractivity contribution in [2.75, 3.05) is 13.2 Å². The first kappa shape index (κ1) is 25.3. The summed E-state index contributed by atoms with van der Waals surface area (Å²) in [4.78, 5) is 0. The Labute approximate surface area is 204 Å². The summed E-state index contributed by atoms with van der Waals surface area (Å²) in [7, 11) is 0. The fourth-order valence-corrected chi connectivity index (χ4v) is 9.25. The lowest BCUT2D eigenvalue weighted by Crippen LogP contribution is -2.49. The third-order valence-corrected chi connectivity index (χ3v) is 11.3. The Balaban J connectivity index is 1.45. The van der Waals surface area contributed by atoms with E-state index in [1.165, 1.54) is 51.4 Å². The van der Waals surface area contributed by atoms with Gasteiger partial charge in [0.1, 0.15) is 6.61 Å². The first-order chi connectivity index (χ1) is 15.7. The molecule has 0 saturated heterocycles. The number of ether oxygens (including phenoxy) is 1. The zero-order chi connectivity index (χ0) is 23.8. The Hall–Kier alpha value is -0.760. The van der Waals surface area contributed by atoms with Crippen LogP contribution in [0.4, 0.5) is 0 Å². The molecule has 2 heteroatoms. The number of hydrogen-bond donors (Lipinski definition) is 1. The smallest absolute Gasteiger partial charge is 0.111 e. The summed E-state index contributed by atoms with van der Waals surface area (Å²) in [6.07, 6.45) is 18.3. The van der Waals surface area contributed by atoms with Crippen LogP contribution in [0, 0.1) is 52.3 Å². The molecule has 0 aromatic heterocycles. The van der Waals surface area contributed by atoms with Crippen LogP contribution in [0.3, 0.4) is 0 Å². The molecule has 188 valence electrons. The summed E-state index contributed by atoms with van der Waals surface area (Å²) >= 11 is 0. The molecule has 0 radical (unpaired) electrons. The SMILES string of the molecule is CC[C@H](CC[C@@H](C)[C@H]1CC[C@H]2[C@@H]3CC=C4CC(OCCO)=CC[C@]4(C)[C@H]3CC[C@]12C)C(C)C. The van der Waals surface area contributed by atoms with Crippen LogP contribution in [0.15, 0.2) is 23.5 Å². The normalized spacial score (nSPS) is 39.8. The van der Waals surface area contributed by atoms with Crippen molar-refractivity contribution in [3.05, 3.63) is 23.5 Å². The first-order valence-corrected chi connectivity index (χ1v) is 14.4. The van der Waals surface area contributed by atoms with Gasteiger partial charge in [0.15, 0.2) is 0 Å². The molecule has 33 heavy (non-hydrogen) atoms. The number of fused-ring (bicyclic) bond motifs is 5. The summed E-state index contributed by atoms with van der Waals surface area (Å²) in [6.45, 7) is 15.6. The van der Waals surface area contributed by atoms with E-state index in [1.807, 2.05) is 0 Å². The fraction of sp³-hybridized carbons (Fsp3) is 0.871. The van der Waals surface area contributed by atoms with E-state index in [9.17, 15) is 0 Å². The maximum Gasteiger partial charge on any atom is 0.111 e. The van der Waals surface area contributed by atoms with Crippen molar-refractivity contribution in [2.45, 2.75) is 106 Å². The average molecular weight is 457 g/mol. The third kappa shape index (κ3) is 4.60. The van der Waals surface area contributed by atoms with Crippen LogP contribution in [0.1, 0.15) is 106 Å². The van der Waals surface area contributed by atoms with Gasteiger partial charge in [0, 0.05) is 6.42 Å². The van der Waals surface area contributed by atoms with Crippen molar-refractivity contribution in [1.82, 2.24) is 0 Å². The molecule has 0 aliphatic heterocycles. The lowest BCUT2D eigenvalue weighted by molar-refractivity contribution is -0.0459. The maximum absolute atomic E-state index is 9.14. The highest BCUT2D eigenvalue weighted by Gasteiger charge is 2.58. The number of allylic oxidation sites excluding steroid dienone is 3. The van der Waals surface area contributed by atoms with Crippen LogP contribution in [-0.4, -0.2) is 18.3 Å². The van der Waals surface area contributed by atoms with Gasteiger partial charge in [-0.3, -0.25) is 0 Å². The second kappa shape index (κ2) is 10.1. The van der Waals surface area contributed by atoms with E-state index in [4.69, 9.17) is 9.84 Å². The second-order valence-corrected chi connectivity index (χ2v) is 13.1. The second-order valence-electron chi connectivity index (χ2n) is 13.1. The van der Waals surface area contributed by atoms with Gasteiger partial charge in [-0.2, -0.15) is 0 Å².